The zero-order valence-electron chi connectivity index (χ0n) is 19.1. The Kier molecular flexibility index (Phi) is 5.84. The number of carbonyl (C=O) groups is 1. The number of nitrogens with zero attached hydrogens (tertiary/aromatic N) is 4. The first-order valence-electron chi connectivity index (χ1n) is 11.0. The number of nitrogens with one attached hydrogen (secondary N) is 1. The highest BCUT2D eigenvalue weighted by Gasteiger charge is 2.41. The number of carbonyl (C=O) groups excluding carboxylic acids is 1. The molecular weight excluding hydrogens is 472 g/mol. The summed E-state index contributed by atoms with van der Waals surface area (Å²) in [7, 11) is 1.69. The van der Waals surface area contributed by atoms with E-state index in [-0.39, 0.29) is 11.6 Å². The van der Waals surface area contributed by atoms with Gasteiger partial charge in [0.1, 0.15) is 0 Å². The summed E-state index contributed by atoms with van der Waals surface area (Å²) in [5.74, 6) is -4.27. The number of aromatic nitrogens is 3. The Morgan fingerprint density at radius 3 is 2.57 bits per heavy atom. The summed E-state index contributed by atoms with van der Waals surface area (Å²) in [6.45, 7) is 0.607. The van der Waals surface area contributed by atoms with Gasteiger partial charge in [0, 0.05) is 43.1 Å². The van der Waals surface area contributed by atoms with Gasteiger partial charge in [-0.05, 0) is 41.8 Å². The SMILES string of the molecule is Cn1cc(-n2ncc3cc(N4SCC(NC(=O)C(C)(F)F)[C@H]4c4ccccc4)ccc32)ccc1=O. The summed E-state index contributed by atoms with van der Waals surface area (Å²) in [6.07, 6.45) is 3.47. The van der Waals surface area contributed by atoms with Crippen LogP contribution in [0.5, 0.6) is 0 Å². The maximum Gasteiger partial charge on any atom is 0.321 e. The van der Waals surface area contributed by atoms with E-state index in [0.29, 0.717) is 12.7 Å². The number of amides is 1. The normalized spacial score (nSPS) is 18.2. The van der Waals surface area contributed by atoms with Crippen LogP contribution < -0.4 is 15.2 Å². The largest absolute Gasteiger partial charge is 0.345 e. The lowest BCUT2D eigenvalue weighted by Crippen LogP contribution is -2.47. The number of alkyl halides is 2. The first kappa shape index (κ1) is 23.1. The topological polar surface area (TPSA) is 72.2 Å². The maximum atomic E-state index is 13.6. The van der Waals surface area contributed by atoms with Gasteiger partial charge >= 0.3 is 5.92 Å². The van der Waals surface area contributed by atoms with Gasteiger partial charge in [-0.25, -0.2) is 4.68 Å². The molecule has 5 rings (SSSR count). The number of hydrogen-bond donors (Lipinski definition) is 1. The molecule has 0 radical (unpaired) electrons. The number of anilines is 1. The van der Waals surface area contributed by atoms with Gasteiger partial charge in [-0.3, -0.25) is 9.59 Å². The van der Waals surface area contributed by atoms with Crippen molar-refractivity contribution in [2.75, 3.05) is 10.1 Å². The minimum absolute atomic E-state index is 0.104. The molecule has 1 fully saturated rings. The Labute approximate surface area is 204 Å². The van der Waals surface area contributed by atoms with Gasteiger partial charge in [0.2, 0.25) is 5.56 Å². The molecule has 0 spiro atoms. The molecule has 2 atom stereocenters. The van der Waals surface area contributed by atoms with E-state index in [4.69, 9.17) is 0 Å². The quantitative estimate of drug-likeness (QED) is 0.423. The average Bonchev–Trinajstić information content (AvgIpc) is 3.44. The van der Waals surface area contributed by atoms with Crippen molar-refractivity contribution in [3.63, 3.8) is 0 Å². The van der Waals surface area contributed by atoms with E-state index in [9.17, 15) is 18.4 Å². The van der Waals surface area contributed by atoms with Crippen molar-refractivity contribution in [2.45, 2.75) is 24.9 Å². The van der Waals surface area contributed by atoms with Gasteiger partial charge in [-0.2, -0.15) is 13.9 Å². The second-order valence-electron chi connectivity index (χ2n) is 8.58. The predicted octanol–water partition coefficient (Wildman–Crippen LogP) is 4.07. The molecule has 35 heavy (non-hydrogen) atoms. The highest BCUT2D eigenvalue weighted by molar-refractivity contribution is 8.01. The summed E-state index contributed by atoms with van der Waals surface area (Å²) >= 11 is 1.48. The molecule has 180 valence electrons. The molecule has 0 aliphatic carbocycles. The smallest absolute Gasteiger partial charge is 0.321 e. The van der Waals surface area contributed by atoms with Gasteiger partial charge in [-0.1, -0.05) is 30.3 Å². The Balaban J connectivity index is 1.50. The van der Waals surface area contributed by atoms with E-state index >= 15 is 0 Å². The standard InChI is InChI=1S/C25H23F2N5O2S/c1-25(26,27)24(34)29-20-15-35-32(23(20)16-6-4-3-5-7-16)18-8-10-21-17(12-18)13-28-31(21)19-9-11-22(33)30(2)14-19/h3-14,20,23H,15H2,1-2H3,(H,29,34)/t20?,23-/m1/s1. The monoisotopic (exact) mass is 495 g/mol. The molecule has 2 aromatic carbocycles. The Morgan fingerprint density at radius 2 is 1.86 bits per heavy atom. The number of halogens is 2. The number of rotatable bonds is 5. The summed E-state index contributed by atoms with van der Waals surface area (Å²) < 4.78 is 32.6. The molecule has 1 aliphatic heterocycles. The van der Waals surface area contributed by atoms with Crippen molar-refractivity contribution in [1.29, 1.82) is 0 Å². The number of benzene rings is 2. The van der Waals surface area contributed by atoms with Crippen molar-refractivity contribution in [3.05, 3.63) is 89.0 Å². The van der Waals surface area contributed by atoms with Crippen LogP contribution in [0.1, 0.15) is 18.5 Å². The fourth-order valence-electron chi connectivity index (χ4n) is 4.23. The molecule has 3 heterocycles. The predicted molar refractivity (Wildman–Crippen MR) is 133 cm³/mol. The van der Waals surface area contributed by atoms with E-state index in [1.165, 1.54) is 22.6 Å². The van der Waals surface area contributed by atoms with Crippen molar-refractivity contribution in [1.82, 2.24) is 19.7 Å². The fourth-order valence-corrected chi connectivity index (χ4v) is 5.51. The number of hydrogen-bond acceptors (Lipinski definition) is 5. The number of pyridine rings is 1. The van der Waals surface area contributed by atoms with Crippen LogP contribution in [0.15, 0.2) is 77.9 Å². The summed E-state index contributed by atoms with van der Waals surface area (Å²) in [6, 6.07) is 17.8. The van der Waals surface area contributed by atoms with Crippen LogP contribution in [0.25, 0.3) is 16.6 Å². The highest BCUT2D eigenvalue weighted by Crippen LogP contribution is 2.43. The summed E-state index contributed by atoms with van der Waals surface area (Å²) in [5, 5.41) is 7.93. The Hall–Kier alpha value is -3.66. The first-order valence-corrected chi connectivity index (χ1v) is 12.0. The molecule has 10 heteroatoms. The minimum Gasteiger partial charge on any atom is -0.345 e. The van der Waals surface area contributed by atoms with Crippen LogP contribution in [-0.2, 0) is 11.8 Å². The molecule has 2 aromatic heterocycles. The van der Waals surface area contributed by atoms with Gasteiger partial charge in [0.05, 0.1) is 29.5 Å². The van der Waals surface area contributed by atoms with Crippen molar-refractivity contribution in [2.24, 2.45) is 7.05 Å². The second kappa shape index (κ2) is 8.84. The molecule has 1 amide bonds. The van der Waals surface area contributed by atoms with Crippen molar-refractivity contribution in [3.8, 4) is 5.69 Å². The van der Waals surface area contributed by atoms with Gasteiger partial charge < -0.3 is 14.2 Å². The molecule has 7 nitrogen and oxygen atoms in total. The van der Waals surface area contributed by atoms with E-state index < -0.39 is 17.9 Å². The average molecular weight is 496 g/mol. The van der Waals surface area contributed by atoms with E-state index in [0.717, 1.165) is 27.8 Å². The Morgan fingerprint density at radius 1 is 1.11 bits per heavy atom. The van der Waals surface area contributed by atoms with Crippen LogP contribution in [0.3, 0.4) is 0 Å². The van der Waals surface area contributed by atoms with Gasteiger partial charge in [0.15, 0.2) is 0 Å². The lowest BCUT2D eigenvalue weighted by atomic mass is 9.99. The zero-order chi connectivity index (χ0) is 24.7. The third-order valence-corrected chi connectivity index (χ3v) is 7.23. The molecule has 1 unspecified atom stereocenters. The summed E-state index contributed by atoms with van der Waals surface area (Å²) in [5.41, 5.74) is 3.31. The van der Waals surface area contributed by atoms with Crippen LogP contribution in [0, 0.1) is 0 Å². The number of fused-ring (bicyclic) bond motifs is 1. The van der Waals surface area contributed by atoms with Crippen molar-refractivity contribution >= 4 is 34.4 Å². The molecule has 1 saturated heterocycles. The molecule has 4 aromatic rings. The minimum atomic E-state index is -3.45. The van der Waals surface area contributed by atoms with E-state index in [1.54, 1.807) is 30.2 Å². The lowest BCUT2D eigenvalue weighted by Gasteiger charge is -2.29. The highest BCUT2D eigenvalue weighted by atomic mass is 32.2. The van der Waals surface area contributed by atoms with E-state index in [2.05, 4.69) is 14.7 Å². The lowest BCUT2D eigenvalue weighted by molar-refractivity contribution is -0.143. The molecule has 0 saturated carbocycles. The van der Waals surface area contributed by atoms with Gasteiger partial charge in [-0.15, -0.1) is 0 Å². The van der Waals surface area contributed by atoms with E-state index in [1.807, 2.05) is 48.5 Å². The molecule has 1 N–H and O–H groups in total. The molecule has 0 bridgehead atoms. The van der Waals surface area contributed by atoms with Crippen LogP contribution in [0.4, 0.5) is 14.5 Å². The van der Waals surface area contributed by atoms with Crippen LogP contribution >= 0.6 is 11.9 Å². The van der Waals surface area contributed by atoms with Crippen molar-refractivity contribution < 1.29 is 13.6 Å². The third kappa shape index (κ3) is 4.41. The van der Waals surface area contributed by atoms with Crippen LogP contribution in [-0.4, -0.2) is 38.0 Å². The Bertz CT molecular complexity index is 1450. The van der Waals surface area contributed by atoms with Crippen LogP contribution in [0.2, 0.25) is 0 Å². The third-order valence-electron chi connectivity index (χ3n) is 6.00. The zero-order valence-corrected chi connectivity index (χ0v) is 19.9. The number of aryl methyl sites for hydroxylation is 1. The van der Waals surface area contributed by atoms with Gasteiger partial charge in [0.25, 0.3) is 5.91 Å². The first-order chi connectivity index (χ1) is 16.7. The molecular formula is C25H23F2N5O2S. The summed E-state index contributed by atoms with van der Waals surface area (Å²) in [4.78, 5) is 23.8. The molecule has 1 aliphatic rings. The second-order valence-corrected chi connectivity index (χ2v) is 9.57. The fraction of sp³-hybridized carbons (Fsp3) is 0.240. The maximum absolute atomic E-state index is 13.6.